The monoisotopic (exact) mass is 296 g/mol. The lowest BCUT2D eigenvalue weighted by molar-refractivity contribution is -0.141. The number of aliphatic carboxylic acids is 1. The molecule has 0 spiro atoms. The van der Waals surface area contributed by atoms with Gasteiger partial charge in [-0.15, -0.1) is 0 Å². The number of nitrogens with one attached hydrogen (secondary N) is 1. The van der Waals surface area contributed by atoms with Crippen LogP contribution < -0.4 is 4.72 Å². The maximum Gasteiger partial charge on any atom is 0.306 e. The molecule has 0 saturated carbocycles. The maximum atomic E-state index is 12.0. The van der Waals surface area contributed by atoms with Gasteiger partial charge in [-0.3, -0.25) is 4.79 Å². The topological polar surface area (TPSA) is 107 Å². The van der Waals surface area contributed by atoms with E-state index >= 15 is 0 Å². The molecule has 0 aromatic carbocycles. The molecule has 0 rings (SSSR count). The van der Waals surface area contributed by atoms with Crippen molar-refractivity contribution in [2.75, 3.05) is 19.6 Å². The Morgan fingerprint density at radius 1 is 1.26 bits per heavy atom. The van der Waals surface area contributed by atoms with Crippen molar-refractivity contribution >= 4 is 16.2 Å². The summed E-state index contributed by atoms with van der Waals surface area (Å²) in [7, 11) is -3.69. The van der Waals surface area contributed by atoms with E-state index in [-0.39, 0.29) is 6.54 Å². The normalized spacial score (nSPS) is 15.4. The van der Waals surface area contributed by atoms with Crippen LogP contribution in [0.25, 0.3) is 0 Å². The first-order valence-electron chi connectivity index (χ1n) is 6.33. The molecule has 7 nitrogen and oxygen atoms in total. The summed E-state index contributed by atoms with van der Waals surface area (Å²) < 4.78 is 27.6. The van der Waals surface area contributed by atoms with Gasteiger partial charge in [0.15, 0.2) is 0 Å². The molecular weight excluding hydrogens is 272 g/mol. The van der Waals surface area contributed by atoms with Crippen molar-refractivity contribution in [2.24, 2.45) is 0 Å². The van der Waals surface area contributed by atoms with Crippen LogP contribution in [0, 0.1) is 0 Å². The number of aliphatic hydroxyl groups is 1. The Bertz CT molecular complexity index is 375. The predicted octanol–water partition coefficient (Wildman–Crippen LogP) is 0.169. The van der Waals surface area contributed by atoms with Crippen LogP contribution in [0.3, 0.4) is 0 Å². The van der Waals surface area contributed by atoms with Gasteiger partial charge in [-0.2, -0.15) is 17.4 Å². The fraction of sp³-hybridized carbons (Fsp3) is 0.909. The van der Waals surface area contributed by atoms with Crippen molar-refractivity contribution in [1.29, 1.82) is 0 Å². The summed E-state index contributed by atoms with van der Waals surface area (Å²) in [5, 5.41) is 18.4. The number of nitrogens with zero attached hydrogens (tertiary/aromatic N) is 1. The van der Waals surface area contributed by atoms with Gasteiger partial charge in [0.2, 0.25) is 0 Å². The van der Waals surface area contributed by atoms with Gasteiger partial charge in [-0.05, 0) is 19.8 Å². The molecule has 3 N–H and O–H groups in total. The third-order valence-electron chi connectivity index (χ3n) is 2.45. The summed E-state index contributed by atoms with van der Waals surface area (Å²) in [5.74, 6) is -1.18. The second-order valence-corrected chi connectivity index (χ2v) is 6.55. The fourth-order valence-corrected chi connectivity index (χ4v) is 3.10. The largest absolute Gasteiger partial charge is 0.481 e. The summed E-state index contributed by atoms with van der Waals surface area (Å²) >= 11 is 0. The Morgan fingerprint density at radius 3 is 2.11 bits per heavy atom. The highest BCUT2D eigenvalue weighted by molar-refractivity contribution is 7.87. The van der Waals surface area contributed by atoms with Crippen molar-refractivity contribution in [3.05, 3.63) is 0 Å². The molecule has 114 valence electrons. The number of carboxylic acids is 1. The Morgan fingerprint density at radius 2 is 1.74 bits per heavy atom. The van der Waals surface area contributed by atoms with Gasteiger partial charge >= 0.3 is 5.97 Å². The third kappa shape index (κ3) is 7.46. The standard InChI is InChI=1S/C11H24N2O5S/c1-4-6-13(7-5-2)19(17,18)12-9-11(3,16)8-10(14)15/h12,16H,4-9H2,1-3H3,(H,14,15). The zero-order chi connectivity index (χ0) is 15.1. The molecule has 0 aliphatic rings. The summed E-state index contributed by atoms with van der Waals surface area (Å²) in [6.45, 7) is 5.49. The van der Waals surface area contributed by atoms with Crippen LogP contribution in [0.2, 0.25) is 0 Å². The smallest absolute Gasteiger partial charge is 0.306 e. The average Bonchev–Trinajstić information content (AvgIpc) is 2.25. The highest BCUT2D eigenvalue weighted by Gasteiger charge is 2.28. The van der Waals surface area contributed by atoms with E-state index < -0.39 is 28.2 Å². The first-order chi connectivity index (χ1) is 8.64. The molecule has 0 radical (unpaired) electrons. The van der Waals surface area contributed by atoms with Crippen molar-refractivity contribution < 1.29 is 23.4 Å². The number of rotatable bonds is 10. The van der Waals surface area contributed by atoms with Gasteiger partial charge in [0.25, 0.3) is 10.2 Å². The molecule has 1 unspecified atom stereocenters. The van der Waals surface area contributed by atoms with Gasteiger partial charge in [-0.1, -0.05) is 13.8 Å². The maximum absolute atomic E-state index is 12.0. The minimum atomic E-state index is -3.69. The van der Waals surface area contributed by atoms with Crippen molar-refractivity contribution in [2.45, 2.75) is 45.6 Å². The summed E-state index contributed by atoms with van der Waals surface area (Å²) in [6, 6.07) is 0. The van der Waals surface area contributed by atoms with Crippen LogP contribution in [0.4, 0.5) is 0 Å². The third-order valence-corrected chi connectivity index (χ3v) is 4.01. The highest BCUT2D eigenvalue weighted by Crippen LogP contribution is 2.09. The van der Waals surface area contributed by atoms with Crippen LogP contribution >= 0.6 is 0 Å². The molecule has 0 aromatic heterocycles. The van der Waals surface area contributed by atoms with Crippen LogP contribution in [0.5, 0.6) is 0 Å². The average molecular weight is 296 g/mol. The minimum Gasteiger partial charge on any atom is -0.481 e. The second-order valence-electron chi connectivity index (χ2n) is 4.79. The zero-order valence-electron chi connectivity index (χ0n) is 11.7. The van der Waals surface area contributed by atoms with Crippen molar-refractivity contribution in [3.8, 4) is 0 Å². The van der Waals surface area contributed by atoms with Gasteiger partial charge < -0.3 is 10.2 Å². The lowest BCUT2D eigenvalue weighted by Crippen LogP contribution is -2.48. The molecule has 8 heteroatoms. The SMILES string of the molecule is CCCN(CCC)S(=O)(=O)NCC(C)(O)CC(=O)O. The van der Waals surface area contributed by atoms with E-state index in [0.29, 0.717) is 25.9 Å². The fourth-order valence-electron chi connectivity index (χ4n) is 1.58. The molecule has 0 saturated heterocycles. The summed E-state index contributed by atoms with van der Waals surface area (Å²) in [6.07, 6.45) is 0.857. The molecule has 19 heavy (non-hydrogen) atoms. The van der Waals surface area contributed by atoms with Gasteiger partial charge in [-0.25, -0.2) is 0 Å². The van der Waals surface area contributed by atoms with Crippen LogP contribution in [0.1, 0.15) is 40.0 Å². The van der Waals surface area contributed by atoms with Crippen molar-refractivity contribution in [3.63, 3.8) is 0 Å². The zero-order valence-corrected chi connectivity index (χ0v) is 12.5. The first-order valence-corrected chi connectivity index (χ1v) is 7.77. The van der Waals surface area contributed by atoms with Crippen LogP contribution in [0.15, 0.2) is 0 Å². The van der Waals surface area contributed by atoms with Crippen LogP contribution in [-0.4, -0.2) is 54.1 Å². The van der Waals surface area contributed by atoms with Gasteiger partial charge in [0.05, 0.1) is 12.0 Å². The van der Waals surface area contributed by atoms with E-state index in [0.717, 1.165) is 0 Å². The summed E-state index contributed by atoms with van der Waals surface area (Å²) in [4.78, 5) is 10.5. The van der Waals surface area contributed by atoms with Gasteiger partial charge in [0.1, 0.15) is 0 Å². The minimum absolute atomic E-state index is 0.328. The number of carbonyl (C=O) groups is 1. The quantitative estimate of drug-likeness (QED) is 0.532. The van der Waals surface area contributed by atoms with Gasteiger partial charge in [0, 0.05) is 19.6 Å². The predicted molar refractivity (Wildman–Crippen MR) is 72.0 cm³/mol. The number of hydrogen-bond donors (Lipinski definition) is 3. The van der Waals surface area contributed by atoms with E-state index in [9.17, 15) is 18.3 Å². The first kappa shape index (κ1) is 18.3. The molecule has 0 aliphatic heterocycles. The number of carboxylic acid groups (broad SMARTS) is 1. The molecule has 0 fully saturated rings. The molecular formula is C11H24N2O5S. The Balaban J connectivity index is 4.62. The highest BCUT2D eigenvalue weighted by atomic mass is 32.2. The Labute approximate surface area is 114 Å². The summed E-state index contributed by atoms with van der Waals surface area (Å²) in [5.41, 5.74) is -1.61. The van der Waals surface area contributed by atoms with E-state index in [1.54, 1.807) is 0 Å². The molecule has 1 atom stereocenters. The van der Waals surface area contributed by atoms with E-state index in [1.165, 1.54) is 11.2 Å². The molecule has 0 aromatic rings. The lowest BCUT2D eigenvalue weighted by Gasteiger charge is -2.25. The Kier molecular flexibility index (Phi) is 7.50. The van der Waals surface area contributed by atoms with Crippen LogP contribution in [-0.2, 0) is 15.0 Å². The molecule has 0 amide bonds. The van der Waals surface area contributed by atoms with E-state index in [4.69, 9.17) is 5.11 Å². The van der Waals surface area contributed by atoms with E-state index in [2.05, 4.69) is 4.72 Å². The molecule has 0 heterocycles. The molecule has 0 aliphatic carbocycles. The second kappa shape index (κ2) is 7.78. The van der Waals surface area contributed by atoms with E-state index in [1.807, 2.05) is 13.8 Å². The Hall–Kier alpha value is -0.700. The van der Waals surface area contributed by atoms with Crippen molar-refractivity contribution in [1.82, 2.24) is 9.03 Å². The molecule has 0 bridgehead atoms. The number of hydrogen-bond acceptors (Lipinski definition) is 4. The lowest BCUT2D eigenvalue weighted by atomic mass is 10.0.